The molecule has 4 aromatic rings. The number of carbonyl (C=O) groups excluding carboxylic acids is 2. The topological polar surface area (TPSA) is 115 Å². The summed E-state index contributed by atoms with van der Waals surface area (Å²) < 4.78 is 2.58. The van der Waals surface area contributed by atoms with Crippen molar-refractivity contribution in [3.63, 3.8) is 0 Å². The summed E-state index contributed by atoms with van der Waals surface area (Å²) in [5.74, 6) is 1.02. The molecule has 0 atom stereocenters. The van der Waals surface area contributed by atoms with Gasteiger partial charge in [-0.3, -0.25) is 19.5 Å². The summed E-state index contributed by atoms with van der Waals surface area (Å²) in [7, 11) is 0. The summed E-state index contributed by atoms with van der Waals surface area (Å²) in [4.78, 5) is 25.2. The summed E-state index contributed by atoms with van der Waals surface area (Å²) >= 11 is 10.3. The minimum absolute atomic E-state index is 0.0875. The van der Waals surface area contributed by atoms with Crippen LogP contribution in [0.1, 0.15) is 28.7 Å². The SMILES string of the molecule is CCSc1nnc(NC(=O)CSc2nnc(CNC(=O)c3cccc(C)c3)n2-c2cccc(Cl)c2)s1. The summed E-state index contributed by atoms with van der Waals surface area (Å²) in [5.41, 5.74) is 2.28. The van der Waals surface area contributed by atoms with Gasteiger partial charge < -0.3 is 5.32 Å². The van der Waals surface area contributed by atoms with E-state index in [1.165, 1.54) is 23.1 Å². The quantitative estimate of drug-likeness (QED) is 0.209. The number of rotatable bonds is 10. The molecule has 0 radical (unpaired) electrons. The number of benzene rings is 2. The van der Waals surface area contributed by atoms with Gasteiger partial charge in [0.15, 0.2) is 15.3 Å². The van der Waals surface area contributed by atoms with E-state index in [0.717, 1.165) is 21.3 Å². The Hall–Kier alpha value is -2.93. The van der Waals surface area contributed by atoms with Crippen molar-refractivity contribution in [1.82, 2.24) is 30.3 Å². The molecule has 0 spiro atoms. The van der Waals surface area contributed by atoms with Gasteiger partial charge in [0, 0.05) is 10.6 Å². The largest absolute Gasteiger partial charge is 0.345 e. The van der Waals surface area contributed by atoms with E-state index in [2.05, 4.69) is 31.0 Å². The molecule has 0 fully saturated rings. The molecule has 9 nitrogen and oxygen atoms in total. The second kappa shape index (κ2) is 12.3. The number of carbonyl (C=O) groups is 2. The predicted molar refractivity (Wildman–Crippen MR) is 144 cm³/mol. The van der Waals surface area contributed by atoms with Crippen LogP contribution in [0.4, 0.5) is 5.13 Å². The van der Waals surface area contributed by atoms with Crippen molar-refractivity contribution in [2.75, 3.05) is 16.8 Å². The van der Waals surface area contributed by atoms with Gasteiger partial charge in [0.25, 0.3) is 5.91 Å². The van der Waals surface area contributed by atoms with E-state index in [0.29, 0.717) is 26.7 Å². The van der Waals surface area contributed by atoms with Crippen molar-refractivity contribution in [2.45, 2.75) is 29.9 Å². The van der Waals surface area contributed by atoms with E-state index in [4.69, 9.17) is 11.6 Å². The van der Waals surface area contributed by atoms with Crippen molar-refractivity contribution < 1.29 is 9.59 Å². The average Bonchev–Trinajstić information content (AvgIpc) is 3.48. The fourth-order valence-corrected chi connectivity index (χ4v) is 5.78. The van der Waals surface area contributed by atoms with Crippen LogP contribution in [-0.4, -0.2) is 48.3 Å². The minimum Gasteiger partial charge on any atom is -0.345 e. The highest BCUT2D eigenvalue weighted by atomic mass is 35.5. The normalized spacial score (nSPS) is 10.9. The smallest absolute Gasteiger partial charge is 0.251 e. The van der Waals surface area contributed by atoms with Crippen LogP contribution in [0.2, 0.25) is 5.02 Å². The number of aryl methyl sites for hydroxylation is 1. The molecule has 2 amide bonds. The molecule has 2 aromatic heterocycles. The first-order chi connectivity index (χ1) is 17.4. The Morgan fingerprint density at radius 2 is 1.89 bits per heavy atom. The Morgan fingerprint density at radius 3 is 2.67 bits per heavy atom. The Bertz CT molecular complexity index is 1380. The highest BCUT2D eigenvalue weighted by molar-refractivity contribution is 8.01. The van der Waals surface area contributed by atoms with Crippen LogP contribution in [-0.2, 0) is 11.3 Å². The molecule has 2 heterocycles. The third kappa shape index (κ3) is 6.84. The first kappa shape index (κ1) is 26.1. The lowest BCUT2D eigenvalue weighted by Gasteiger charge is -2.11. The second-order valence-corrected chi connectivity index (χ2v) is 11.3. The Balaban J connectivity index is 1.48. The zero-order valence-corrected chi connectivity index (χ0v) is 22.6. The van der Waals surface area contributed by atoms with Crippen molar-refractivity contribution in [2.24, 2.45) is 0 Å². The number of hydrogen-bond donors (Lipinski definition) is 2. The van der Waals surface area contributed by atoms with Gasteiger partial charge in [-0.15, -0.1) is 20.4 Å². The van der Waals surface area contributed by atoms with Crippen LogP contribution in [0.3, 0.4) is 0 Å². The van der Waals surface area contributed by atoms with E-state index < -0.39 is 0 Å². The predicted octanol–water partition coefficient (Wildman–Crippen LogP) is 4.85. The molecule has 2 aromatic carbocycles. The first-order valence-electron chi connectivity index (χ1n) is 10.9. The summed E-state index contributed by atoms with van der Waals surface area (Å²) in [5, 5.41) is 23.7. The zero-order chi connectivity index (χ0) is 25.5. The lowest BCUT2D eigenvalue weighted by molar-refractivity contribution is -0.113. The molecule has 13 heteroatoms. The molecule has 0 bridgehead atoms. The number of aromatic nitrogens is 5. The van der Waals surface area contributed by atoms with Crippen molar-refractivity contribution in [3.8, 4) is 5.69 Å². The third-order valence-corrected chi connectivity index (χ3v) is 7.73. The molecule has 0 aliphatic rings. The summed E-state index contributed by atoms with van der Waals surface area (Å²) in [6.45, 7) is 4.10. The monoisotopic (exact) mass is 559 g/mol. The Morgan fingerprint density at radius 1 is 1.06 bits per heavy atom. The zero-order valence-electron chi connectivity index (χ0n) is 19.4. The number of amides is 2. The van der Waals surface area contributed by atoms with Crippen LogP contribution < -0.4 is 10.6 Å². The van der Waals surface area contributed by atoms with Crippen LogP contribution in [0.25, 0.3) is 5.69 Å². The highest BCUT2D eigenvalue weighted by Crippen LogP contribution is 2.27. The van der Waals surface area contributed by atoms with Crippen molar-refractivity contribution in [1.29, 1.82) is 0 Å². The molecular weight excluding hydrogens is 538 g/mol. The molecule has 36 heavy (non-hydrogen) atoms. The molecule has 0 aliphatic carbocycles. The van der Waals surface area contributed by atoms with Crippen LogP contribution in [0.15, 0.2) is 58.0 Å². The van der Waals surface area contributed by atoms with E-state index >= 15 is 0 Å². The van der Waals surface area contributed by atoms with Crippen LogP contribution in [0.5, 0.6) is 0 Å². The fraction of sp³-hybridized carbons (Fsp3) is 0.217. The van der Waals surface area contributed by atoms with Gasteiger partial charge in [0.1, 0.15) is 0 Å². The first-order valence-corrected chi connectivity index (χ1v) is 14.0. The third-order valence-electron chi connectivity index (χ3n) is 4.71. The highest BCUT2D eigenvalue weighted by Gasteiger charge is 2.18. The van der Waals surface area contributed by atoms with Gasteiger partial charge >= 0.3 is 0 Å². The van der Waals surface area contributed by atoms with Gasteiger partial charge in [-0.05, 0) is 43.0 Å². The average molecular weight is 560 g/mol. The van der Waals surface area contributed by atoms with E-state index in [1.807, 2.05) is 44.2 Å². The maximum absolute atomic E-state index is 12.7. The minimum atomic E-state index is -0.237. The summed E-state index contributed by atoms with van der Waals surface area (Å²) in [6.07, 6.45) is 0. The molecule has 2 N–H and O–H groups in total. The molecule has 0 saturated heterocycles. The number of thioether (sulfide) groups is 2. The van der Waals surface area contributed by atoms with Crippen molar-refractivity contribution in [3.05, 3.63) is 70.5 Å². The van der Waals surface area contributed by atoms with E-state index in [-0.39, 0.29) is 24.1 Å². The number of hydrogen-bond acceptors (Lipinski definition) is 9. The number of nitrogens with zero attached hydrogens (tertiary/aromatic N) is 5. The number of anilines is 1. The van der Waals surface area contributed by atoms with Gasteiger partial charge in [0.2, 0.25) is 11.0 Å². The lowest BCUT2D eigenvalue weighted by atomic mass is 10.1. The standard InChI is InChI=1S/C23H22ClN7O2S3/c1-3-34-23-30-28-21(36-23)26-19(32)13-35-22-29-27-18(31(22)17-9-5-8-16(24)11-17)12-25-20(33)15-7-4-6-14(2)10-15/h4-11H,3,12-13H2,1-2H3,(H,25,33)(H,26,28,32). The van der Waals surface area contributed by atoms with E-state index in [9.17, 15) is 9.59 Å². The van der Waals surface area contributed by atoms with Gasteiger partial charge in [-0.1, -0.05) is 77.1 Å². The number of nitrogens with one attached hydrogen (secondary N) is 2. The van der Waals surface area contributed by atoms with E-state index in [1.54, 1.807) is 34.5 Å². The van der Waals surface area contributed by atoms with Gasteiger partial charge in [-0.2, -0.15) is 0 Å². The molecule has 186 valence electrons. The molecule has 4 rings (SSSR count). The number of halogens is 1. The van der Waals surface area contributed by atoms with Crippen molar-refractivity contribution >= 4 is 63.4 Å². The molecule has 0 aliphatic heterocycles. The summed E-state index contributed by atoms with van der Waals surface area (Å²) in [6, 6.07) is 14.6. The van der Waals surface area contributed by atoms with Gasteiger partial charge in [-0.25, -0.2) is 0 Å². The maximum Gasteiger partial charge on any atom is 0.251 e. The van der Waals surface area contributed by atoms with Crippen LogP contribution in [0, 0.1) is 6.92 Å². The molecule has 0 saturated carbocycles. The molecular formula is C23H22ClN7O2S3. The second-order valence-electron chi connectivity index (χ2n) is 7.41. The van der Waals surface area contributed by atoms with Crippen LogP contribution >= 0.6 is 46.5 Å². The lowest BCUT2D eigenvalue weighted by Crippen LogP contribution is -2.24. The van der Waals surface area contributed by atoms with Gasteiger partial charge in [0.05, 0.1) is 18.0 Å². The maximum atomic E-state index is 12.7. The Labute approximate surface area is 225 Å². The Kier molecular flexibility index (Phi) is 8.97. The fourth-order valence-electron chi connectivity index (χ4n) is 3.16. The molecule has 0 unspecified atom stereocenters.